The van der Waals surface area contributed by atoms with Crippen LogP contribution in [0, 0.1) is 5.92 Å². The van der Waals surface area contributed by atoms with Crippen molar-refractivity contribution in [3.05, 3.63) is 65.2 Å². The van der Waals surface area contributed by atoms with Crippen LogP contribution in [0.25, 0.3) is 0 Å². The molecule has 0 radical (unpaired) electrons. The van der Waals surface area contributed by atoms with E-state index in [1.807, 2.05) is 50.2 Å². The molecule has 128 valence electrons. The Morgan fingerprint density at radius 3 is 2.60 bits per heavy atom. The number of Topliss-reactive ketones (excluding diaryl/α,β-unsaturated/α-hetero) is 1. The molecule has 0 saturated heterocycles. The highest BCUT2D eigenvalue weighted by atomic mass is 16.2. The largest absolute Gasteiger partial charge is 0.398 e. The number of nitrogens with zero attached hydrogens (tertiary/aromatic N) is 1. The monoisotopic (exact) mass is 335 g/mol. The molecule has 2 atom stereocenters. The SMILES string of the molecule is CC1CC(=O)NN=C1c1ccc(C(=O)C(C)c2ccccc2)c(N)c1. The third kappa shape index (κ3) is 3.45. The number of amides is 1. The minimum atomic E-state index is -0.264. The van der Waals surface area contributed by atoms with Crippen LogP contribution in [0.3, 0.4) is 0 Å². The van der Waals surface area contributed by atoms with E-state index in [-0.39, 0.29) is 23.5 Å². The quantitative estimate of drug-likeness (QED) is 0.665. The molecule has 2 unspecified atom stereocenters. The molecule has 25 heavy (non-hydrogen) atoms. The maximum Gasteiger partial charge on any atom is 0.240 e. The summed E-state index contributed by atoms with van der Waals surface area (Å²) in [5.41, 5.74) is 12.2. The lowest BCUT2D eigenvalue weighted by Crippen LogP contribution is -2.32. The summed E-state index contributed by atoms with van der Waals surface area (Å²) in [4.78, 5) is 24.2. The van der Waals surface area contributed by atoms with Gasteiger partial charge in [0.2, 0.25) is 5.91 Å². The highest BCUT2D eigenvalue weighted by Gasteiger charge is 2.24. The molecule has 5 heteroatoms. The molecule has 2 aromatic rings. The van der Waals surface area contributed by atoms with Crippen molar-refractivity contribution in [2.24, 2.45) is 11.0 Å². The van der Waals surface area contributed by atoms with Gasteiger partial charge in [-0.3, -0.25) is 9.59 Å². The number of carbonyl (C=O) groups excluding carboxylic acids is 2. The van der Waals surface area contributed by atoms with Gasteiger partial charge in [-0.2, -0.15) is 5.10 Å². The van der Waals surface area contributed by atoms with Crippen molar-refractivity contribution >= 4 is 23.1 Å². The standard InChI is InChI=1S/C20H21N3O2/c1-12-10-18(24)22-23-19(12)15-8-9-16(17(21)11-15)20(25)13(2)14-6-4-3-5-7-14/h3-9,11-13H,10,21H2,1-2H3,(H,22,24). The summed E-state index contributed by atoms with van der Waals surface area (Å²) >= 11 is 0. The van der Waals surface area contributed by atoms with E-state index >= 15 is 0 Å². The molecule has 1 heterocycles. The van der Waals surface area contributed by atoms with Gasteiger partial charge < -0.3 is 5.73 Å². The molecule has 1 aliphatic heterocycles. The summed E-state index contributed by atoms with van der Waals surface area (Å²) in [6.45, 7) is 3.83. The fourth-order valence-electron chi connectivity index (χ4n) is 3.08. The van der Waals surface area contributed by atoms with Crippen molar-refractivity contribution in [2.75, 3.05) is 5.73 Å². The maximum atomic E-state index is 12.8. The zero-order chi connectivity index (χ0) is 18.0. The molecule has 0 aromatic heterocycles. The lowest BCUT2D eigenvalue weighted by atomic mass is 9.89. The Hall–Kier alpha value is -2.95. The Balaban J connectivity index is 1.87. The normalized spacial score (nSPS) is 18.2. The summed E-state index contributed by atoms with van der Waals surface area (Å²) < 4.78 is 0. The minimum Gasteiger partial charge on any atom is -0.398 e. The first-order chi connectivity index (χ1) is 12.0. The Morgan fingerprint density at radius 2 is 1.96 bits per heavy atom. The molecule has 3 rings (SSSR count). The summed E-state index contributed by atoms with van der Waals surface area (Å²) in [6, 6.07) is 15.0. The van der Waals surface area contributed by atoms with Crippen molar-refractivity contribution in [1.29, 1.82) is 0 Å². The Kier molecular flexibility index (Phi) is 4.65. The van der Waals surface area contributed by atoms with Gasteiger partial charge in [0.1, 0.15) is 0 Å². The van der Waals surface area contributed by atoms with E-state index in [1.54, 1.807) is 12.1 Å². The molecule has 1 amide bonds. The Labute approximate surface area is 146 Å². The van der Waals surface area contributed by atoms with Gasteiger partial charge in [-0.05, 0) is 17.7 Å². The first kappa shape index (κ1) is 16.9. The van der Waals surface area contributed by atoms with Crippen molar-refractivity contribution in [3.63, 3.8) is 0 Å². The van der Waals surface area contributed by atoms with Crippen LogP contribution in [0.2, 0.25) is 0 Å². The van der Waals surface area contributed by atoms with Gasteiger partial charge in [-0.15, -0.1) is 0 Å². The number of nitrogens with one attached hydrogen (secondary N) is 1. The van der Waals surface area contributed by atoms with Gasteiger partial charge in [0, 0.05) is 35.1 Å². The molecule has 0 spiro atoms. The van der Waals surface area contributed by atoms with Gasteiger partial charge in [-0.25, -0.2) is 5.43 Å². The average molecular weight is 335 g/mol. The van der Waals surface area contributed by atoms with Crippen LogP contribution in [0.1, 0.15) is 47.7 Å². The van der Waals surface area contributed by atoms with Gasteiger partial charge in [0.25, 0.3) is 0 Å². The van der Waals surface area contributed by atoms with Gasteiger partial charge in [-0.1, -0.05) is 50.2 Å². The van der Waals surface area contributed by atoms with Crippen LogP contribution in [-0.4, -0.2) is 17.4 Å². The highest BCUT2D eigenvalue weighted by molar-refractivity contribution is 6.09. The number of anilines is 1. The summed E-state index contributed by atoms with van der Waals surface area (Å²) in [5.74, 6) is -0.354. The fraction of sp³-hybridized carbons (Fsp3) is 0.250. The topological polar surface area (TPSA) is 84.5 Å². The van der Waals surface area contributed by atoms with E-state index in [0.717, 1.165) is 16.8 Å². The van der Waals surface area contributed by atoms with Crippen molar-refractivity contribution < 1.29 is 9.59 Å². The van der Waals surface area contributed by atoms with Crippen LogP contribution in [0.4, 0.5) is 5.69 Å². The number of nitrogen functional groups attached to an aromatic ring is 1. The lowest BCUT2D eigenvalue weighted by Gasteiger charge is -2.20. The summed E-state index contributed by atoms with van der Waals surface area (Å²) in [5, 5.41) is 4.14. The fourth-order valence-corrected chi connectivity index (χ4v) is 3.08. The third-order valence-corrected chi connectivity index (χ3v) is 4.57. The van der Waals surface area contributed by atoms with Gasteiger partial charge in [0.05, 0.1) is 5.71 Å². The van der Waals surface area contributed by atoms with E-state index in [9.17, 15) is 9.59 Å². The number of rotatable bonds is 4. The molecular formula is C20H21N3O2. The number of carbonyl (C=O) groups is 2. The number of nitrogens with two attached hydrogens (primary N) is 1. The van der Waals surface area contributed by atoms with Gasteiger partial charge >= 0.3 is 0 Å². The Morgan fingerprint density at radius 1 is 1.24 bits per heavy atom. The van der Waals surface area contributed by atoms with Crippen LogP contribution in [0.15, 0.2) is 53.6 Å². The summed E-state index contributed by atoms with van der Waals surface area (Å²) in [7, 11) is 0. The van der Waals surface area contributed by atoms with Crippen molar-refractivity contribution in [3.8, 4) is 0 Å². The molecular weight excluding hydrogens is 314 g/mol. The maximum absolute atomic E-state index is 12.8. The van der Waals surface area contributed by atoms with E-state index < -0.39 is 0 Å². The number of hydrogen-bond acceptors (Lipinski definition) is 4. The second-order valence-electron chi connectivity index (χ2n) is 6.44. The first-order valence-corrected chi connectivity index (χ1v) is 8.33. The Bertz CT molecular complexity index is 843. The molecule has 5 nitrogen and oxygen atoms in total. The molecule has 2 aromatic carbocycles. The molecule has 3 N–H and O–H groups in total. The second kappa shape index (κ2) is 6.89. The number of benzene rings is 2. The van der Waals surface area contributed by atoms with Crippen LogP contribution in [0.5, 0.6) is 0 Å². The smallest absolute Gasteiger partial charge is 0.240 e. The number of hydrogen-bond donors (Lipinski definition) is 2. The third-order valence-electron chi connectivity index (χ3n) is 4.57. The molecule has 0 aliphatic carbocycles. The van der Waals surface area contributed by atoms with Gasteiger partial charge in [0.15, 0.2) is 5.78 Å². The number of hydrazone groups is 1. The van der Waals surface area contributed by atoms with Crippen LogP contribution in [-0.2, 0) is 4.79 Å². The molecule has 0 bridgehead atoms. The second-order valence-corrected chi connectivity index (χ2v) is 6.44. The van der Waals surface area contributed by atoms with Crippen molar-refractivity contribution in [1.82, 2.24) is 5.43 Å². The van der Waals surface area contributed by atoms with Crippen LogP contribution < -0.4 is 11.2 Å². The highest BCUT2D eigenvalue weighted by Crippen LogP contribution is 2.26. The van der Waals surface area contributed by atoms with Crippen molar-refractivity contribution in [2.45, 2.75) is 26.2 Å². The molecule has 1 aliphatic rings. The molecule has 0 fully saturated rings. The lowest BCUT2D eigenvalue weighted by molar-refractivity contribution is -0.121. The number of ketones is 1. The first-order valence-electron chi connectivity index (χ1n) is 8.33. The zero-order valence-corrected chi connectivity index (χ0v) is 14.3. The van der Waals surface area contributed by atoms with E-state index in [4.69, 9.17) is 5.73 Å². The van der Waals surface area contributed by atoms with E-state index in [2.05, 4.69) is 10.5 Å². The summed E-state index contributed by atoms with van der Waals surface area (Å²) in [6.07, 6.45) is 0.393. The molecule has 0 saturated carbocycles. The van der Waals surface area contributed by atoms with E-state index in [1.165, 1.54) is 0 Å². The minimum absolute atomic E-state index is 0.0119. The predicted molar refractivity (Wildman–Crippen MR) is 98.5 cm³/mol. The average Bonchev–Trinajstić information content (AvgIpc) is 2.61. The zero-order valence-electron chi connectivity index (χ0n) is 14.3. The van der Waals surface area contributed by atoms with Crippen LogP contribution >= 0.6 is 0 Å². The predicted octanol–water partition coefficient (Wildman–Crippen LogP) is 3.12. The van der Waals surface area contributed by atoms with E-state index in [0.29, 0.717) is 17.7 Å².